The molecule has 11 nitrogen and oxygen atoms in total. The van der Waals surface area contributed by atoms with Crippen molar-refractivity contribution in [1.82, 2.24) is 0 Å². The van der Waals surface area contributed by atoms with Gasteiger partial charge in [-0.15, -0.1) is 0 Å². The molecule has 2 aliphatic rings. The number of nitrogens with zero attached hydrogens (tertiary/aromatic N) is 2. The largest absolute Gasteiger partial charge is 0.493 e. The Balaban J connectivity index is 1.34. The van der Waals surface area contributed by atoms with Gasteiger partial charge in [0.15, 0.2) is 23.0 Å². The number of allylic oxidation sites excluding steroid dienone is 2. The summed E-state index contributed by atoms with van der Waals surface area (Å²) in [5, 5.41) is 19.8. The summed E-state index contributed by atoms with van der Waals surface area (Å²) in [5.41, 5.74) is 3.70. The first kappa shape index (κ1) is 34.9. The molecule has 0 saturated carbocycles. The number of nitriles is 2. The molecule has 2 aromatic rings. The fourth-order valence-corrected chi connectivity index (χ4v) is 6.19. The first-order valence-corrected chi connectivity index (χ1v) is 15.1. The lowest BCUT2D eigenvalue weighted by Gasteiger charge is -2.19. The van der Waals surface area contributed by atoms with Crippen LogP contribution < -0.4 is 18.9 Å². The van der Waals surface area contributed by atoms with Crippen molar-refractivity contribution in [1.29, 1.82) is 10.5 Å². The van der Waals surface area contributed by atoms with Crippen molar-refractivity contribution in [3.05, 3.63) is 57.7 Å². The summed E-state index contributed by atoms with van der Waals surface area (Å²) in [7, 11) is 6.16. The van der Waals surface area contributed by atoms with E-state index in [4.69, 9.17) is 33.2 Å². The number of methoxy groups -OCH3 is 4. The van der Waals surface area contributed by atoms with E-state index in [-0.39, 0.29) is 48.4 Å². The van der Waals surface area contributed by atoms with E-state index < -0.39 is 11.9 Å². The van der Waals surface area contributed by atoms with Gasteiger partial charge in [-0.1, -0.05) is 27.7 Å². The van der Waals surface area contributed by atoms with Crippen LogP contribution in [0.15, 0.2) is 35.4 Å². The van der Waals surface area contributed by atoms with Crippen LogP contribution in [0.4, 0.5) is 0 Å². The van der Waals surface area contributed by atoms with Crippen molar-refractivity contribution in [2.75, 3.05) is 54.9 Å². The molecule has 0 N–H and O–H groups in total. The minimum absolute atomic E-state index is 0.0137. The molecule has 0 amide bonds. The van der Waals surface area contributed by atoms with E-state index in [9.17, 15) is 20.1 Å². The maximum absolute atomic E-state index is 12.9. The number of ether oxygens (including phenoxy) is 7. The third-order valence-electron chi connectivity index (χ3n) is 8.55. The summed E-state index contributed by atoms with van der Waals surface area (Å²) < 4.78 is 38.0. The molecule has 0 aromatic heterocycles. The van der Waals surface area contributed by atoms with Gasteiger partial charge in [-0.3, -0.25) is 0 Å². The highest BCUT2D eigenvalue weighted by Crippen LogP contribution is 2.51. The smallest absolute Gasteiger partial charge is 0.349 e. The van der Waals surface area contributed by atoms with E-state index in [1.807, 2.05) is 52.0 Å². The van der Waals surface area contributed by atoms with Gasteiger partial charge in [0.1, 0.15) is 36.5 Å². The predicted octanol–water partition coefficient (Wildman–Crippen LogP) is 5.44. The molecule has 0 fully saturated rings. The van der Waals surface area contributed by atoms with Crippen molar-refractivity contribution in [3.63, 3.8) is 0 Å². The number of carbonyl (C=O) groups is 2. The minimum atomic E-state index is -0.754. The highest BCUT2D eigenvalue weighted by molar-refractivity contribution is 6.04. The van der Waals surface area contributed by atoms with E-state index in [1.54, 1.807) is 26.4 Å². The molecule has 0 atom stereocenters. The number of fused-ring (bicyclic) bond motifs is 2. The number of benzene rings is 2. The standard InChI is InChI=1S/C36H40N2O9/c1-35(2)17-23(21-13-29(41-5)31(43-7)15-27(21)35)25(19-37)33(39)46-11-9-45-10-12-47-34(40)26(20-38)24-18-36(3,4)28-16-32(44-8)30(42-6)14-22(24)28/h13-16H,9-12,17-18H2,1-8H3/b25-23+,26-24+. The zero-order valence-electron chi connectivity index (χ0n) is 28.1. The Morgan fingerprint density at radius 2 is 0.957 bits per heavy atom. The van der Waals surface area contributed by atoms with Gasteiger partial charge in [0.25, 0.3) is 0 Å². The molecule has 0 radical (unpaired) electrons. The molecule has 0 spiro atoms. The molecule has 0 saturated heterocycles. The quantitative estimate of drug-likeness (QED) is 0.126. The van der Waals surface area contributed by atoms with Crippen LogP contribution in [0.5, 0.6) is 23.0 Å². The van der Waals surface area contributed by atoms with Crippen molar-refractivity contribution >= 4 is 23.1 Å². The molecule has 2 aromatic carbocycles. The van der Waals surface area contributed by atoms with E-state index in [0.717, 1.165) is 22.3 Å². The van der Waals surface area contributed by atoms with Crippen LogP contribution in [0.1, 0.15) is 62.8 Å². The fourth-order valence-electron chi connectivity index (χ4n) is 6.19. The first-order chi connectivity index (χ1) is 22.4. The number of rotatable bonds is 12. The Labute approximate surface area is 275 Å². The second-order valence-corrected chi connectivity index (χ2v) is 12.4. The van der Waals surface area contributed by atoms with Gasteiger partial charge in [0.2, 0.25) is 0 Å². The maximum Gasteiger partial charge on any atom is 0.349 e. The average molecular weight is 645 g/mol. The molecular weight excluding hydrogens is 604 g/mol. The molecule has 11 heteroatoms. The Morgan fingerprint density at radius 1 is 0.617 bits per heavy atom. The van der Waals surface area contributed by atoms with E-state index >= 15 is 0 Å². The minimum Gasteiger partial charge on any atom is -0.493 e. The fraction of sp³-hybridized carbons (Fsp3) is 0.444. The molecule has 2 aliphatic carbocycles. The van der Waals surface area contributed by atoms with Gasteiger partial charge < -0.3 is 33.2 Å². The molecular formula is C36H40N2O9. The first-order valence-electron chi connectivity index (χ1n) is 15.1. The zero-order chi connectivity index (χ0) is 34.5. The summed E-state index contributed by atoms with van der Waals surface area (Å²) in [6.07, 6.45) is 0.925. The highest BCUT2D eigenvalue weighted by Gasteiger charge is 2.39. The summed E-state index contributed by atoms with van der Waals surface area (Å²) >= 11 is 0. The Hall–Kier alpha value is -5.00. The number of hydrogen-bond acceptors (Lipinski definition) is 11. The van der Waals surface area contributed by atoms with Crippen LogP contribution in [0, 0.1) is 22.7 Å². The van der Waals surface area contributed by atoms with Crippen LogP contribution in [0.3, 0.4) is 0 Å². The molecule has 0 bridgehead atoms. The van der Waals surface area contributed by atoms with Crippen LogP contribution in [-0.4, -0.2) is 66.8 Å². The van der Waals surface area contributed by atoms with Gasteiger partial charge in [-0.2, -0.15) is 10.5 Å². The normalized spacial score (nSPS) is 17.3. The summed E-state index contributed by atoms with van der Waals surface area (Å²) in [5.74, 6) is 0.624. The summed E-state index contributed by atoms with van der Waals surface area (Å²) in [6, 6.07) is 11.3. The van der Waals surface area contributed by atoms with Crippen LogP contribution in [0.25, 0.3) is 11.1 Å². The van der Waals surface area contributed by atoms with Gasteiger partial charge in [-0.25, -0.2) is 9.59 Å². The van der Waals surface area contributed by atoms with Gasteiger partial charge >= 0.3 is 11.9 Å². The van der Waals surface area contributed by atoms with Crippen LogP contribution in [0.2, 0.25) is 0 Å². The van der Waals surface area contributed by atoms with Gasteiger partial charge in [-0.05, 0) is 81.3 Å². The van der Waals surface area contributed by atoms with Crippen LogP contribution >= 0.6 is 0 Å². The predicted molar refractivity (Wildman–Crippen MR) is 172 cm³/mol. The molecule has 0 unspecified atom stereocenters. The topological polar surface area (TPSA) is 146 Å². The van der Waals surface area contributed by atoms with E-state index in [1.165, 1.54) is 14.2 Å². The molecule has 248 valence electrons. The lowest BCUT2D eigenvalue weighted by atomic mass is 9.86. The summed E-state index contributed by atoms with van der Waals surface area (Å²) in [4.78, 5) is 25.9. The molecule has 0 heterocycles. The Bertz CT molecular complexity index is 1600. The zero-order valence-corrected chi connectivity index (χ0v) is 28.1. The lowest BCUT2D eigenvalue weighted by molar-refractivity contribution is -0.141. The Morgan fingerprint density at radius 3 is 1.28 bits per heavy atom. The SMILES string of the molecule is COc1cc2c(cc1OC)C(C)(C)C/C2=C(/C#N)C(=O)OCCOCCOC(=O)/C(C#N)=C1\CC(C)(C)c2cc(OC)c(OC)cc21. The maximum atomic E-state index is 12.9. The third kappa shape index (κ3) is 6.91. The summed E-state index contributed by atoms with van der Waals surface area (Å²) in [6.45, 7) is 7.93. The second-order valence-electron chi connectivity index (χ2n) is 12.4. The number of esters is 2. The van der Waals surface area contributed by atoms with Crippen molar-refractivity contribution < 1.29 is 42.7 Å². The van der Waals surface area contributed by atoms with Gasteiger partial charge in [0.05, 0.1) is 41.7 Å². The number of carbonyl (C=O) groups excluding carboxylic acids is 2. The third-order valence-corrected chi connectivity index (χ3v) is 8.55. The monoisotopic (exact) mass is 644 g/mol. The molecule has 47 heavy (non-hydrogen) atoms. The van der Waals surface area contributed by atoms with Crippen molar-refractivity contribution in [2.45, 2.75) is 51.4 Å². The van der Waals surface area contributed by atoms with Crippen molar-refractivity contribution in [2.24, 2.45) is 0 Å². The average Bonchev–Trinajstić information content (AvgIpc) is 3.46. The highest BCUT2D eigenvalue weighted by atomic mass is 16.6. The molecule has 4 rings (SSSR count). The lowest BCUT2D eigenvalue weighted by Crippen LogP contribution is -2.17. The molecule has 0 aliphatic heterocycles. The van der Waals surface area contributed by atoms with Crippen molar-refractivity contribution in [3.8, 4) is 35.1 Å². The van der Waals surface area contributed by atoms with E-state index in [2.05, 4.69) is 0 Å². The van der Waals surface area contributed by atoms with Crippen LogP contribution in [-0.2, 0) is 34.6 Å². The second kappa shape index (κ2) is 14.2. The number of hydrogen-bond donors (Lipinski definition) is 0. The van der Waals surface area contributed by atoms with Gasteiger partial charge in [0, 0.05) is 0 Å². The Kier molecular flexibility index (Phi) is 10.5. The van der Waals surface area contributed by atoms with E-state index in [0.29, 0.717) is 47.0 Å².